The fourth-order valence-corrected chi connectivity index (χ4v) is 5.99. The van der Waals surface area contributed by atoms with E-state index >= 15 is 4.39 Å². The van der Waals surface area contributed by atoms with Crippen LogP contribution in [0.5, 0.6) is 11.5 Å². The fraction of sp³-hybridized carbons (Fsp3) is 0.220. The average molecular weight is 771 g/mol. The van der Waals surface area contributed by atoms with E-state index in [1.807, 2.05) is 38.1 Å². The van der Waals surface area contributed by atoms with Gasteiger partial charge in [0.25, 0.3) is 6.29 Å². The van der Waals surface area contributed by atoms with Gasteiger partial charge in [-0.25, -0.2) is 13.8 Å². The zero-order chi connectivity index (χ0) is 39.1. The van der Waals surface area contributed by atoms with Crippen molar-refractivity contribution < 1.29 is 32.2 Å². The van der Waals surface area contributed by atoms with Crippen LogP contribution in [-0.2, 0) is 16.0 Å². The number of amides is 1. The van der Waals surface area contributed by atoms with Crippen LogP contribution in [0, 0.1) is 25.5 Å². The minimum Gasteiger partial charge on any atom is -0.445 e. The summed E-state index contributed by atoms with van der Waals surface area (Å²) in [6.07, 6.45) is 3.55. The number of aromatic amines is 2. The number of alkyl halides is 1. The Labute approximate surface area is 320 Å². The van der Waals surface area contributed by atoms with Crippen LogP contribution >= 0.6 is 11.6 Å². The van der Waals surface area contributed by atoms with E-state index in [1.165, 1.54) is 24.8 Å². The van der Waals surface area contributed by atoms with Gasteiger partial charge in [0.15, 0.2) is 17.3 Å². The Kier molecular flexibility index (Phi) is 12.3. The van der Waals surface area contributed by atoms with E-state index in [1.54, 1.807) is 42.5 Å². The number of H-pyrrole nitrogens is 2. The van der Waals surface area contributed by atoms with Crippen LogP contribution in [0.4, 0.5) is 18.9 Å². The Hall–Kier alpha value is -5.92. The smallest absolute Gasteiger partial charge is 0.284 e. The third kappa shape index (κ3) is 9.07. The Morgan fingerprint density at radius 2 is 1.78 bits per heavy atom. The van der Waals surface area contributed by atoms with Crippen LogP contribution in [-0.4, -0.2) is 51.4 Å². The highest BCUT2D eigenvalue weighted by molar-refractivity contribution is 6.30. The zero-order valence-electron chi connectivity index (χ0n) is 30.4. The van der Waals surface area contributed by atoms with Gasteiger partial charge < -0.3 is 24.5 Å². The van der Waals surface area contributed by atoms with E-state index in [0.29, 0.717) is 75.6 Å². The Morgan fingerprint density at radius 3 is 2.47 bits per heavy atom. The van der Waals surface area contributed by atoms with E-state index in [0.717, 1.165) is 34.3 Å². The Bertz CT molecular complexity index is 2420. The molecule has 0 radical (unpaired) electrons. The Balaban J connectivity index is 0.000000221. The molecule has 1 fully saturated rings. The van der Waals surface area contributed by atoms with Crippen molar-refractivity contribution >= 4 is 45.6 Å². The molecule has 3 N–H and O–H groups in total. The number of para-hydroxylation sites is 1. The number of pyridine rings is 1. The first-order valence-electron chi connectivity index (χ1n) is 17.3. The third-order valence-corrected chi connectivity index (χ3v) is 9.01. The first kappa shape index (κ1) is 38.8. The summed E-state index contributed by atoms with van der Waals surface area (Å²) in [5.74, 6) is 1.10. The summed E-state index contributed by atoms with van der Waals surface area (Å²) >= 11 is 5.93. The van der Waals surface area contributed by atoms with Crippen molar-refractivity contribution in [3.05, 3.63) is 130 Å². The summed E-state index contributed by atoms with van der Waals surface area (Å²) in [4.78, 5) is 22.7. The van der Waals surface area contributed by atoms with Crippen LogP contribution in [0.2, 0.25) is 5.02 Å². The van der Waals surface area contributed by atoms with Gasteiger partial charge in [0.2, 0.25) is 6.41 Å². The molecule has 4 aromatic carbocycles. The first-order chi connectivity index (χ1) is 26.6. The van der Waals surface area contributed by atoms with Gasteiger partial charge in [0, 0.05) is 41.6 Å². The van der Waals surface area contributed by atoms with Crippen molar-refractivity contribution in [2.24, 2.45) is 0 Å². The van der Waals surface area contributed by atoms with E-state index in [2.05, 4.69) is 37.4 Å². The van der Waals surface area contributed by atoms with Gasteiger partial charge in [-0.05, 0) is 98.5 Å². The number of hydrogen-bond acceptors (Lipinski definition) is 7. The van der Waals surface area contributed by atoms with Crippen molar-refractivity contribution in [1.29, 1.82) is 0 Å². The minimum atomic E-state index is -0.710. The predicted octanol–water partition coefficient (Wildman–Crippen LogP) is 9.75. The van der Waals surface area contributed by atoms with Gasteiger partial charge in [0.05, 0.1) is 29.3 Å². The van der Waals surface area contributed by atoms with Gasteiger partial charge in [-0.15, -0.1) is 0 Å². The number of rotatable bonds is 6. The topological polar surface area (TPSA) is 127 Å². The van der Waals surface area contributed by atoms with Crippen molar-refractivity contribution in [2.45, 2.75) is 46.0 Å². The molecule has 14 heteroatoms. The normalized spacial score (nSPS) is 15.1. The van der Waals surface area contributed by atoms with E-state index in [-0.39, 0.29) is 18.1 Å². The lowest BCUT2D eigenvalue weighted by molar-refractivity contribution is -0.105. The monoisotopic (exact) mass is 770 g/mol. The van der Waals surface area contributed by atoms with Crippen molar-refractivity contribution in [3.8, 4) is 22.6 Å². The van der Waals surface area contributed by atoms with Crippen LogP contribution in [0.15, 0.2) is 85.1 Å². The molecule has 284 valence electrons. The van der Waals surface area contributed by atoms with E-state index in [4.69, 9.17) is 25.8 Å². The van der Waals surface area contributed by atoms with E-state index in [9.17, 15) is 13.6 Å². The van der Waals surface area contributed by atoms with Gasteiger partial charge in [-0.2, -0.15) is 5.10 Å². The van der Waals surface area contributed by atoms with Crippen molar-refractivity contribution in [2.75, 3.05) is 19.1 Å². The molecule has 55 heavy (non-hydrogen) atoms. The number of nitrogens with one attached hydrogen (secondary N) is 3. The number of anilines is 1. The quantitative estimate of drug-likeness (QED) is 0.144. The van der Waals surface area contributed by atoms with Crippen LogP contribution in [0.25, 0.3) is 33.1 Å². The summed E-state index contributed by atoms with van der Waals surface area (Å²) in [5.41, 5.74) is 6.87. The first-order valence-corrected chi connectivity index (χ1v) is 17.7. The molecule has 0 saturated carbocycles. The molecule has 1 saturated heterocycles. The number of halogens is 4. The van der Waals surface area contributed by atoms with E-state index < -0.39 is 6.29 Å². The van der Waals surface area contributed by atoms with Gasteiger partial charge in [0.1, 0.15) is 22.9 Å². The number of aromatic nitrogens is 5. The fourth-order valence-electron chi connectivity index (χ4n) is 5.88. The lowest BCUT2D eigenvalue weighted by Gasteiger charge is -2.20. The van der Waals surface area contributed by atoms with Crippen molar-refractivity contribution in [3.63, 3.8) is 0 Å². The van der Waals surface area contributed by atoms with Crippen LogP contribution in [0.3, 0.4) is 0 Å². The summed E-state index contributed by atoms with van der Waals surface area (Å²) in [6, 6.07) is 22.8. The molecular formula is C41H38ClF3N6O4. The number of ether oxygens (including phenoxy) is 3. The summed E-state index contributed by atoms with van der Waals surface area (Å²) in [5, 5.41) is 10.6. The summed E-state index contributed by atoms with van der Waals surface area (Å²) in [7, 11) is 0.500. The molecule has 0 spiro atoms. The number of benzene rings is 4. The number of carbonyl (C=O) groups excluding carboxylic acids is 1. The second kappa shape index (κ2) is 17.5. The van der Waals surface area contributed by atoms with Crippen LogP contribution < -0.4 is 14.8 Å². The molecule has 1 unspecified atom stereocenters. The van der Waals surface area contributed by atoms with Gasteiger partial charge in [-0.1, -0.05) is 35.9 Å². The molecule has 1 amide bonds. The predicted molar refractivity (Wildman–Crippen MR) is 206 cm³/mol. The standard InChI is InChI=1S/C27H18ClFN4O3.C9H9FN2.C4H8O.CH3F/c28-17-6-8-22(30-13-17)27-35-24-3-1-2-19(26(24)36-27)15-4-5-16(20(29)10-15)11-25-32-21-9-7-18(31-14-34)12-23(21)33-25;1-5-3-7-6(2)11-12-9(7)8(10)4-5;1-4-2-3-5-4;1-2/h1-10,12-14,27H,11H2,(H,31,34)(H,32,33);3-4H,1-2H3,(H,11,12);4H,2-3H2,1H3;1H3/t;;4-;/m..1./s1. The second-order valence-corrected chi connectivity index (χ2v) is 13.2. The SMILES string of the molecule is CF.C[C@@H]1CCO1.Cc1cc(F)c2n[nH]c(C)c2c1.O=CNc1ccc2nc(Cc3ccc(-c4cccc5c4OC(c4ccc(Cl)cn4)O5)cc3F)[nH]c2c1. The molecular weight excluding hydrogens is 733 g/mol. The average Bonchev–Trinajstić information content (AvgIpc) is 3.90. The largest absolute Gasteiger partial charge is 0.445 e. The van der Waals surface area contributed by atoms with Crippen molar-refractivity contribution in [1.82, 2.24) is 25.1 Å². The maximum absolute atomic E-state index is 15.2. The molecule has 0 bridgehead atoms. The molecule has 9 rings (SSSR count). The van der Waals surface area contributed by atoms with Gasteiger partial charge in [-0.3, -0.25) is 19.3 Å². The molecule has 5 heterocycles. The number of nitrogens with zero attached hydrogens (tertiary/aromatic N) is 3. The highest BCUT2D eigenvalue weighted by Gasteiger charge is 2.29. The molecule has 2 aliphatic rings. The molecule has 10 nitrogen and oxygen atoms in total. The maximum atomic E-state index is 15.2. The Morgan fingerprint density at radius 1 is 0.982 bits per heavy atom. The lowest BCUT2D eigenvalue weighted by atomic mass is 10.0. The summed E-state index contributed by atoms with van der Waals surface area (Å²) < 4.78 is 54.8. The van der Waals surface area contributed by atoms with Crippen LogP contribution in [0.1, 0.15) is 48.0 Å². The zero-order valence-corrected chi connectivity index (χ0v) is 31.2. The molecule has 2 aliphatic heterocycles. The minimum absolute atomic E-state index is 0.255. The highest BCUT2D eigenvalue weighted by Crippen LogP contribution is 2.46. The third-order valence-electron chi connectivity index (χ3n) is 8.78. The second-order valence-electron chi connectivity index (χ2n) is 12.7. The lowest BCUT2D eigenvalue weighted by Crippen LogP contribution is -2.22. The number of hydrogen-bond donors (Lipinski definition) is 3. The molecule has 3 aromatic heterocycles. The highest BCUT2D eigenvalue weighted by atomic mass is 35.5. The number of carbonyl (C=O) groups is 1. The maximum Gasteiger partial charge on any atom is 0.284 e. The molecule has 2 atom stereocenters. The molecule has 0 aliphatic carbocycles. The summed E-state index contributed by atoms with van der Waals surface area (Å²) in [6.45, 7) is 6.83. The number of imidazole rings is 1. The molecule has 7 aromatic rings. The van der Waals surface area contributed by atoms with Gasteiger partial charge >= 0.3 is 0 Å². The number of fused-ring (bicyclic) bond motifs is 3. The number of aryl methyl sites for hydroxylation is 2.